The number of carbonyl (C=O) groups excluding carboxylic acids is 2. The summed E-state index contributed by atoms with van der Waals surface area (Å²) in [5.74, 6) is 0.919. The molecule has 3 aliphatic heterocycles. The van der Waals surface area contributed by atoms with E-state index in [2.05, 4.69) is 29.0 Å². The molecule has 0 bridgehead atoms. The first-order chi connectivity index (χ1) is 16.0. The van der Waals surface area contributed by atoms with Gasteiger partial charge in [-0.15, -0.1) is 0 Å². The van der Waals surface area contributed by atoms with Crippen LogP contribution in [0.1, 0.15) is 93.5 Å². The lowest BCUT2D eigenvalue weighted by Gasteiger charge is -2.51. The molecule has 0 unspecified atom stereocenters. The second kappa shape index (κ2) is 9.40. The first-order valence-electron chi connectivity index (χ1n) is 13.4. The van der Waals surface area contributed by atoms with Crippen molar-refractivity contribution in [3.05, 3.63) is 35.4 Å². The van der Waals surface area contributed by atoms with Gasteiger partial charge in [-0.1, -0.05) is 51.3 Å². The highest BCUT2D eigenvalue weighted by Crippen LogP contribution is 2.50. The van der Waals surface area contributed by atoms with Crippen LogP contribution in [0.25, 0.3) is 0 Å². The monoisotopic (exact) mass is 451 g/mol. The highest BCUT2D eigenvalue weighted by Gasteiger charge is 2.55. The van der Waals surface area contributed by atoms with Crippen LogP contribution in [0.15, 0.2) is 24.3 Å². The molecule has 33 heavy (non-hydrogen) atoms. The SMILES string of the molecule is CC(C)CN1C(=O)c2ccccc2[C@H](C(=O)NC[C@H]2CCCN3CCCC[C@H]23)C12CCCC2. The van der Waals surface area contributed by atoms with Crippen molar-refractivity contribution in [2.24, 2.45) is 11.8 Å². The summed E-state index contributed by atoms with van der Waals surface area (Å²) in [6.45, 7) is 8.28. The Bertz CT molecular complexity index is 874. The zero-order valence-corrected chi connectivity index (χ0v) is 20.5. The standard InChI is InChI=1S/C28H41N3O2/c1-20(2)19-31-27(33)23-12-4-3-11-22(23)25(28(31)14-6-7-15-28)26(32)29-18-21-10-9-17-30-16-8-5-13-24(21)30/h3-4,11-12,20-21,24-25H,5-10,13-19H2,1-2H3,(H,29,32)/t21-,24-,25-/m1/s1. The van der Waals surface area contributed by atoms with Crippen molar-refractivity contribution in [1.29, 1.82) is 0 Å². The lowest BCUT2D eigenvalue weighted by Crippen LogP contribution is -2.61. The van der Waals surface area contributed by atoms with Crippen LogP contribution >= 0.6 is 0 Å². The van der Waals surface area contributed by atoms with Gasteiger partial charge in [-0.25, -0.2) is 0 Å². The summed E-state index contributed by atoms with van der Waals surface area (Å²) in [5, 5.41) is 3.43. The van der Waals surface area contributed by atoms with E-state index in [0.717, 1.165) is 49.9 Å². The van der Waals surface area contributed by atoms with E-state index in [9.17, 15) is 9.59 Å². The number of benzene rings is 1. The maximum atomic E-state index is 14.0. The van der Waals surface area contributed by atoms with Crippen LogP contribution in [0, 0.1) is 11.8 Å². The molecule has 5 heteroatoms. The molecule has 5 nitrogen and oxygen atoms in total. The smallest absolute Gasteiger partial charge is 0.254 e. The largest absolute Gasteiger partial charge is 0.355 e. The van der Waals surface area contributed by atoms with Gasteiger partial charge < -0.3 is 15.1 Å². The predicted molar refractivity (Wildman–Crippen MR) is 131 cm³/mol. The number of carbonyl (C=O) groups is 2. The maximum Gasteiger partial charge on any atom is 0.254 e. The molecule has 3 fully saturated rings. The number of fused-ring (bicyclic) bond motifs is 2. The number of amides is 2. The molecule has 5 rings (SSSR count). The topological polar surface area (TPSA) is 52.7 Å². The summed E-state index contributed by atoms with van der Waals surface area (Å²) in [6, 6.07) is 8.52. The molecule has 1 spiro atoms. The zero-order chi connectivity index (χ0) is 23.0. The maximum absolute atomic E-state index is 14.0. The van der Waals surface area contributed by atoms with Gasteiger partial charge in [0.2, 0.25) is 5.91 Å². The molecule has 2 amide bonds. The van der Waals surface area contributed by atoms with Gasteiger partial charge >= 0.3 is 0 Å². The third-order valence-corrected chi connectivity index (χ3v) is 8.87. The quantitative estimate of drug-likeness (QED) is 0.713. The van der Waals surface area contributed by atoms with E-state index >= 15 is 0 Å². The van der Waals surface area contributed by atoms with Crippen LogP contribution in [0.5, 0.6) is 0 Å². The number of hydrogen-bond acceptors (Lipinski definition) is 3. The molecular formula is C28H41N3O2. The second-order valence-electron chi connectivity index (χ2n) is 11.4. The Hall–Kier alpha value is -1.88. The van der Waals surface area contributed by atoms with E-state index in [4.69, 9.17) is 0 Å². The fraction of sp³-hybridized carbons (Fsp3) is 0.714. The third-order valence-electron chi connectivity index (χ3n) is 8.87. The van der Waals surface area contributed by atoms with Gasteiger partial charge in [0, 0.05) is 24.7 Å². The zero-order valence-electron chi connectivity index (χ0n) is 20.5. The van der Waals surface area contributed by atoms with E-state index in [-0.39, 0.29) is 23.3 Å². The molecule has 3 atom stereocenters. The molecule has 0 radical (unpaired) electrons. The average molecular weight is 452 g/mol. The Kier molecular flexibility index (Phi) is 6.52. The number of nitrogens with one attached hydrogen (secondary N) is 1. The molecule has 1 aromatic carbocycles. The minimum Gasteiger partial charge on any atom is -0.355 e. The second-order valence-corrected chi connectivity index (χ2v) is 11.4. The summed E-state index contributed by atoms with van der Waals surface area (Å²) < 4.78 is 0. The predicted octanol–water partition coefficient (Wildman–Crippen LogP) is 4.58. The summed E-state index contributed by atoms with van der Waals surface area (Å²) in [6.07, 6.45) is 10.4. The highest BCUT2D eigenvalue weighted by molar-refractivity contribution is 6.02. The van der Waals surface area contributed by atoms with Crippen molar-refractivity contribution in [2.45, 2.75) is 89.1 Å². The summed E-state index contributed by atoms with van der Waals surface area (Å²) >= 11 is 0. The molecule has 1 saturated carbocycles. The van der Waals surface area contributed by atoms with E-state index < -0.39 is 0 Å². The molecule has 2 saturated heterocycles. The van der Waals surface area contributed by atoms with Crippen molar-refractivity contribution in [3.8, 4) is 0 Å². The Morgan fingerprint density at radius 2 is 1.82 bits per heavy atom. The molecule has 180 valence electrons. The Balaban J connectivity index is 1.42. The lowest BCUT2D eigenvalue weighted by atomic mass is 9.70. The number of hydrogen-bond donors (Lipinski definition) is 1. The molecule has 0 aromatic heterocycles. The third kappa shape index (κ3) is 4.11. The van der Waals surface area contributed by atoms with Gasteiger partial charge in [-0.2, -0.15) is 0 Å². The van der Waals surface area contributed by atoms with Gasteiger partial charge in [-0.3, -0.25) is 9.59 Å². The molecule has 3 heterocycles. The molecular weight excluding hydrogens is 410 g/mol. The van der Waals surface area contributed by atoms with Crippen LogP contribution < -0.4 is 5.32 Å². The van der Waals surface area contributed by atoms with Crippen molar-refractivity contribution in [1.82, 2.24) is 15.1 Å². The highest BCUT2D eigenvalue weighted by atomic mass is 16.2. The lowest BCUT2D eigenvalue weighted by molar-refractivity contribution is -0.127. The van der Waals surface area contributed by atoms with Crippen molar-refractivity contribution in [3.63, 3.8) is 0 Å². The summed E-state index contributed by atoms with van der Waals surface area (Å²) in [4.78, 5) is 32.4. The van der Waals surface area contributed by atoms with Crippen LogP contribution in [-0.4, -0.2) is 59.4 Å². The van der Waals surface area contributed by atoms with Crippen molar-refractivity contribution in [2.75, 3.05) is 26.2 Å². The minimum absolute atomic E-state index is 0.121. The first kappa shape index (κ1) is 22.9. The van der Waals surface area contributed by atoms with Gasteiger partial charge in [0.25, 0.3) is 5.91 Å². The average Bonchev–Trinajstić information content (AvgIpc) is 3.30. The van der Waals surface area contributed by atoms with E-state index in [1.54, 1.807) is 0 Å². The number of piperidine rings is 2. The Labute approximate surface area is 199 Å². The van der Waals surface area contributed by atoms with Crippen molar-refractivity contribution >= 4 is 11.8 Å². The summed E-state index contributed by atoms with van der Waals surface area (Å²) in [5.41, 5.74) is 1.31. The number of rotatable bonds is 5. The van der Waals surface area contributed by atoms with Gasteiger partial charge in [0.1, 0.15) is 0 Å². The van der Waals surface area contributed by atoms with Crippen LogP contribution in [0.3, 0.4) is 0 Å². The van der Waals surface area contributed by atoms with Gasteiger partial charge in [0.05, 0.1) is 11.5 Å². The van der Waals surface area contributed by atoms with Gasteiger partial charge in [-0.05, 0) is 75.1 Å². The molecule has 1 aromatic rings. The van der Waals surface area contributed by atoms with Crippen LogP contribution in [0.4, 0.5) is 0 Å². The van der Waals surface area contributed by atoms with E-state index in [1.807, 2.05) is 24.3 Å². The minimum atomic E-state index is -0.372. The van der Waals surface area contributed by atoms with Gasteiger partial charge in [0.15, 0.2) is 0 Å². The van der Waals surface area contributed by atoms with Crippen LogP contribution in [0.2, 0.25) is 0 Å². The molecule has 1 aliphatic carbocycles. The normalized spacial score (nSPS) is 29.2. The van der Waals surface area contributed by atoms with Crippen molar-refractivity contribution < 1.29 is 9.59 Å². The fourth-order valence-electron chi connectivity index (χ4n) is 7.45. The Morgan fingerprint density at radius 1 is 1.06 bits per heavy atom. The van der Waals surface area contributed by atoms with Crippen LogP contribution in [-0.2, 0) is 4.79 Å². The fourth-order valence-corrected chi connectivity index (χ4v) is 7.45. The first-order valence-corrected chi connectivity index (χ1v) is 13.4. The Morgan fingerprint density at radius 3 is 2.61 bits per heavy atom. The summed E-state index contributed by atoms with van der Waals surface area (Å²) in [7, 11) is 0. The van der Waals surface area contributed by atoms with E-state index in [0.29, 0.717) is 17.9 Å². The van der Waals surface area contributed by atoms with E-state index in [1.165, 1.54) is 45.2 Å². The molecule has 1 N–H and O–H groups in total. The molecule has 4 aliphatic rings. The number of nitrogens with zero attached hydrogens (tertiary/aromatic N) is 2.